The monoisotopic (exact) mass is 394 g/mol. The number of hydrogen-bond acceptors (Lipinski definition) is 7. The Morgan fingerprint density at radius 3 is 3.00 bits per heavy atom. The van der Waals surface area contributed by atoms with Crippen LogP contribution in [0.25, 0.3) is 0 Å². The van der Waals surface area contributed by atoms with E-state index in [2.05, 4.69) is 20.8 Å². The Hall–Kier alpha value is -2.03. The molecule has 0 saturated carbocycles. The SMILES string of the molecule is Cc1cc(Cl)ccc1NC(=O)CSc1nnc(NCc2ccco2)s1. The predicted octanol–water partition coefficient (Wildman–Crippen LogP) is 4.44. The van der Waals surface area contributed by atoms with E-state index in [1.807, 2.05) is 25.1 Å². The number of carbonyl (C=O) groups excluding carboxylic acids is 1. The van der Waals surface area contributed by atoms with E-state index in [1.165, 1.54) is 23.1 Å². The van der Waals surface area contributed by atoms with Crippen molar-refractivity contribution in [1.29, 1.82) is 0 Å². The number of aromatic nitrogens is 2. The third-order valence-corrected chi connectivity index (χ3v) is 5.44. The average Bonchev–Trinajstić information content (AvgIpc) is 3.25. The Balaban J connectivity index is 1.47. The van der Waals surface area contributed by atoms with Crippen molar-refractivity contribution in [3.05, 3.63) is 52.9 Å². The van der Waals surface area contributed by atoms with Gasteiger partial charge in [-0.3, -0.25) is 4.79 Å². The van der Waals surface area contributed by atoms with Gasteiger partial charge in [0.05, 0.1) is 18.6 Å². The van der Waals surface area contributed by atoms with Crippen LogP contribution in [0.3, 0.4) is 0 Å². The smallest absolute Gasteiger partial charge is 0.234 e. The summed E-state index contributed by atoms with van der Waals surface area (Å²) in [6.45, 7) is 2.44. The highest BCUT2D eigenvalue weighted by Crippen LogP contribution is 2.26. The van der Waals surface area contributed by atoms with E-state index >= 15 is 0 Å². The number of amides is 1. The van der Waals surface area contributed by atoms with Gasteiger partial charge >= 0.3 is 0 Å². The van der Waals surface area contributed by atoms with Gasteiger partial charge in [-0.05, 0) is 42.8 Å². The summed E-state index contributed by atoms with van der Waals surface area (Å²) in [5, 5.41) is 15.5. The Bertz CT molecular complexity index is 852. The predicted molar refractivity (Wildman–Crippen MR) is 101 cm³/mol. The first-order chi connectivity index (χ1) is 12.1. The van der Waals surface area contributed by atoms with Crippen LogP contribution in [0.1, 0.15) is 11.3 Å². The number of furan rings is 1. The topological polar surface area (TPSA) is 80.0 Å². The molecule has 9 heteroatoms. The van der Waals surface area contributed by atoms with Crippen molar-refractivity contribution in [3.63, 3.8) is 0 Å². The maximum atomic E-state index is 12.1. The van der Waals surface area contributed by atoms with Crippen molar-refractivity contribution in [1.82, 2.24) is 10.2 Å². The highest BCUT2D eigenvalue weighted by Gasteiger charge is 2.10. The second kappa shape index (κ2) is 8.37. The summed E-state index contributed by atoms with van der Waals surface area (Å²) in [5.41, 5.74) is 1.68. The molecule has 0 bridgehead atoms. The van der Waals surface area contributed by atoms with Gasteiger partial charge in [0.25, 0.3) is 0 Å². The fourth-order valence-corrected chi connectivity index (χ4v) is 3.77. The van der Waals surface area contributed by atoms with Gasteiger partial charge in [-0.25, -0.2) is 0 Å². The van der Waals surface area contributed by atoms with Crippen molar-refractivity contribution in [2.45, 2.75) is 17.8 Å². The van der Waals surface area contributed by atoms with Gasteiger partial charge in [-0.2, -0.15) is 0 Å². The summed E-state index contributed by atoms with van der Waals surface area (Å²) in [6.07, 6.45) is 1.62. The normalized spacial score (nSPS) is 10.6. The molecule has 0 fully saturated rings. The zero-order valence-electron chi connectivity index (χ0n) is 13.3. The lowest BCUT2D eigenvalue weighted by Gasteiger charge is -2.07. The molecule has 0 aliphatic heterocycles. The lowest BCUT2D eigenvalue weighted by Crippen LogP contribution is -2.14. The Morgan fingerprint density at radius 2 is 2.24 bits per heavy atom. The molecule has 3 rings (SSSR count). The van der Waals surface area contributed by atoms with Gasteiger partial charge in [-0.1, -0.05) is 34.7 Å². The summed E-state index contributed by atoms with van der Waals surface area (Å²) >= 11 is 8.66. The van der Waals surface area contributed by atoms with E-state index in [1.54, 1.807) is 18.4 Å². The van der Waals surface area contributed by atoms with Crippen molar-refractivity contribution in [2.75, 3.05) is 16.4 Å². The van der Waals surface area contributed by atoms with Crippen LogP contribution in [-0.2, 0) is 11.3 Å². The van der Waals surface area contributed by atoms with Crippen LogP contribution < -0.4 is 10.6 Å². The first-order valence-electron chi connectivity index (χ1n) is 7.39. The molecule has 0 radical (unpaired) electrons. The molecule has 6 nitrogen and oxygen atoms in total. The summed E-state index contributed by atoms with van der Waals surface area (Å²) in [6, 6.07) is 9.07. The Morgan fingerprint density at radius 1 is 1.36 bits per heavy atom. The number of thioether (sulfide) groups is 1. The number of aryl methyl sites for hydroxylation is 1. The maximum absolute atomic E-state index is 12.1. The quantitative estimate of drug-likeness (QED) is 0.577. The number of benzene rings is 1. The van der Waals surface area contributed by atoms with E-state index < -0.39 is 0 Å². The number of hydrogen-bond donors (Lipinski definition) is 2. The van der Waals surface area contributed by atoms with E-state index in [0.29, 0.717) is 16.7 Å². The average molecular weight is 395 g/mol. The molecular weight excluding hydrogens is 380 g/mol. The number of rotatable bonds is 7. The van der Waals surface area contributed by atoms with E-state index in [9.17, 15) is 4.79 Å². The number of anilines is 2. The number of nitrogens with zero attached hydrogens (tertiary/aromatic N) is 2. The summed E-state index contributed by atoms with van der Waals surface area (Å²) in [4.78, 5) is 12.1. The lowest BCUT2D eigenvalue weighted by atomic mass is 10.2. The highest BCUT2D eigenvalue weighted by molar-refractivity contribution is 8.01. The van der Waals surface area contributed by atoms with Crippen molar-refractivity contribution >= 4 is 51.4 Å². The van der Waals surface area contributed by atoms with Crippen molar-refractivity contribution in [2.24, 2.45) is 0 Å². The molecule has 25 heavy (non-hydrogen) atoms. The minimum absolute atomic E-state index is 0.101. The first-order valence-corrected chi connectivity index (χ1v) is 9.57. The summed E-state index contributed by atoms with van der Waals surface area (Å²) in [5.74, 6) is 0.979. The molecule has 3 aromatic rings. The second-order valence-electron chi connectivity index (χ2n) is 5.10. The fraction of sp³-hybridized carbons (Fsp3) is 0.188. The molecule has 0 aliphatic carbocycles. The molecule has 2 N–H and O–H groups in total. The van der Waals surface area contributed by atoms with E-state index in [-0.39, 0.29) is 11.7 Å². The van der Waals surface area contributed by atoms with Crippen molar-refractivity contribution < 1.29 is 9.21 Å². The molecule has 130 valence electrons. The maximum Gasteiger partial charge on any atom is 0.234 e. The molecule has 0 atom stereocenters. The van der Waals surface area contributed by atoms with E-state index in [0.717, 1.165) is 21.4 Å². The van der Waals surface area contributed by atoms with Crippen LogP contribution in [0.2, 0.25) is 5.02 Å². The van der Waals surface area contributed by atoms with Gasteiger partial charge in [0.1, 0.15) is 5.76 Å². The van der Waals surface area contributed by atoms with Crippen LogP contribution >= 0.6 is 34.7 Å². The molecule has 0 spiro atoms. The first kappa shape index (κ1) is 17.8. The Labute approximate surface area is 158 Å². The third-order valence-electron chi connectivity index (χ3n) is 3.19. The highest BCUT2D eigenvalue weighted by atomic mass is 35.5. The zero-order chi connectivity index (χ0) is 17.6. The number of halogens is 1. The largest absolute Gasteiger partial charge is 0.467 e. The van der Waals surface area contributed by atoms with E-state index in [4.69, 9.17) is 16.0 Å². The van der Waals surface area contributed by atoms with Crippen molar-refractivity contribution in [3.8, 4) is 0 Å². The van der Waals surface area contributed by atoms with Gasteiger partial charge in [0.2, 0.25) is 11.0 Å². The molecule has 0 unspecified atom stereocenters. The molecule has 2 heterocycles. The van der Waals surface area contributed by atoms with Crippen LogP contribution in [-0.4, -0.2) is 21.9 Å². The Kier molecular flexibility index (Phi) is 5.95. The van der Waals surface area contributed by atoms with Gasteiger partial charge < -0.3 is 15.1 Å². The van der Waals surface area contributed by atoms with Crippen LogP contribution in [0.5, 0.6) is 0 Å². The molecule has 0 saturated heterocycles. The zero-order valence-corrected chi connectivity index (χ0v) is 15.7. The molecular formula is C16H15ClN4O2S2. The number of nitrogens with one attached hydrogen (secondary N) is 2. The van der Waals surface area contributed by atoms with Gasteiger partial charge in [0, 0.05) is 10.7 Å². The minimum Gasteiger partial charge on any atom is -0.467 e. The fourth-order valence-electron chi connectivity index (χ4n) is 2.00. The minimum atomic E-state index is -0.101. The molecule has 1 aromatic carbocycles. The third kappa shape index (κ3) is 5.22. The molecule has 1 amide bonds. The van der Waals surface area contributed by atoms with Crippen LogP contribution in [0.15, 0.2) is 45.4 Å². The van der Waals surface area contributed by atoms with Crippen LogP contribution in [0.4, 0.5) is 10.8 Å². The summed E-state index contributed by atoms with van der Waals surface area (Å²) < 4.78 is 5.97. The van der Waals surface area contributed by atoms with Gasteiger partial charge in [0.15, 0.2) is 4.34 Å². The van der Waals surface area contributed by atoms with Gasteiger partial charge in [-0.15, -0.1) is 10.2 Å². The number of carbonyl (C=O) groups is 1. The standard InChI is InChI=1S/C16H15ClN4O2S2/c1-10-7-11(17)4-5-13(10)19-14(22)9-24-16-21-20-15(25-16)18-8-12-3-2-6-23-12/h2-7H,8-9H2,1H3,(H,18,20)(H,19,22). The van der Waals surface area contributed by atoms with Crippen LogP contribution in [0, 0.1) is 6.92 Å². The molecule has 2 aromatic heterocycles. The summed E-state index contributed by atoms with van der Waals surface area (Å²) in [7, 11) is 0. The lowest BCUT2D eigenvalue weighted by molar-refractivity contribution is -0.113. The second-order valence-corrected chi connectivity index (χ2v) is 7.74. The molecule has 0 aliphatic rings.